The van der Waals surface area contributed by atoms with Gasteiger partial charge >= 0.3 is 12.0 Å². The summed E-state index contributed by atoms with van der Waals surface area (Å²) in [5, 5.41) is 4.08. The van der Waals surface area contributed by atoms with E-state index in [-0.39, 0.29) is 15.5 Å². The summed E-state index contributed by atoms with van der Waals surface area (Å²) in [6, 6.07) is 2.79. The smallest absolute Gasteiger partial charge is 0.340 e. The second-order valence-electron chi connectivity index (χ2n) is 4.53. The molecule has 0 aliphatic heterocycles. The van der Waals surface area contributed by atoms with Crippen LogP contribution in [0.3, 0.4) is 0 Å². The molecule has 1 rings (SSSR count). The minimum atomic E-state index is -3.54. The van der Waals surface area contributed by atoms with Gasteiger partial charge in [-0.05, 0) is 25.1 Å². The molecule has 1 atom stereocenters. The zero-order valence-corrected chi connectivity index (χ0v) is 14.1. The lowest BCUT2D eigenvalue weighted by atomic mass is 10.2. The first kappa shape index (κ1) is 18.9. The number of hydrogen-bond donors (Lipinski definition) is 2. The number of ether oxygens (including phenoxy) is 1. The van der Waals surface area contributed by atoms with Crippen molar-refractivity contribution in [1.29, 1.82) is 0 Å². The number of hydrogen-bond acceptors (Lipinski definition) is 6. The molecule has 0 radical (unpaired) electrons. The highest BCUT2D eigenvalue weighted by atomic mass is 35.5. The van der Waals surface area contributed by atoms with Crippen LogP contribution >= 0.6 is 11.6 Å². The SMILES string of the molecule is CNC(=O)NC(=O)[C@@H](C)OC(=O)c1cc(S(C)(=O)=O)ccc1Cl. The first-order chi connectivity index (χ1) is 10.6. The van der Waals surface area contributed by atoms with E-state index in [0.717, 1.165) is 12.3 Å². The number of urea groups is 1. The lowest BCUT2D eigenvalue weighted by molar-refractivity contribution is -0.127. The monoisotopic (exact) mass is 362 g/mol. The predicted octanol–water partition coefficient (Wildman–Crippen LogP) is 0.744. The third-order valence-corrected chi connectivity index (χ3v) is 4.14. The van der Waals surface area contributed by atoms with Crippen molar-refractivity contribution in [3.05, 3.63) is 28.8 Å². The van der Waals surface area contributed by atoms with Gasteiger partial charge in [-0.15, -0.1) is 0 Å². The maximum absolute atomic E-state index is 12.0. The number of rotatable bonds is 4. The third kappa shape index (κ3) is 5.22. The van der Waals surface area contributed by atoms with Crippen molar-refractivity contribution in [2.45, 2.75) is 17.9 Å². The van der Waals surface area contributed by atoms with Gasteiger partial charge in [-0.2, -0.15) is 0 Å². The Hall–Kier alpha value is -2.13. The summed E-state index contributed by atoms with van der Waals surface area (Å²) in [6.07, 6.45) is -0.303. The van der Waals surface area contributed by atoms with Gasteiger partial charge in [-0.25, -0.2) is 18.0 Å². The summed E-state index contributed by atoms with van der Waals surface area (Å²) in [4.78, 5) is 34.6. The number of carbonyl (C=O) groups excluding carboxylic acids is 3. The van der Waals surface area contributed by atoms with Crippen LogP contribution in [0, 0.1) is 0 Å². The molecule has 0 aromatic heterocycles. The third-order valence-electron chi connectivity index (χ3n) is 2.70. The van der Waals surface area contributed by atoms with Crippen molar-refractivity contribution in [3.63, 3.8) is 0 Å². The Morgan fingerprint density at radius 1 is 1.26 bits per heavy atom. The van der Waals surface area contributed by atoms with Crippen molar-refractivity contribution in [3.8, 4) is 0 Å². The fourth-order valence-electron chi connectivity index (χ4n) is 1.45. The second-order valence-corrected chi connectivity index (χ2v) is 6.95. The Bertz CT molecular complexity index is 747. The molecule has 8 nitrogen and oxygen atoms in total. The first-order valence-corrected chi connectivity index (χ1v) is 8.56. The average molecular weight is 363 g/mol. The van der Waals surface area contributed by atoms with E-state index in [4.69, 9.17) is 16.3 Å². The van der Waals surface area contributed by atoms with Crippen molar-refractivity contribution < 1.29 is 27.5 Å². The van der Waals surface area contributed by atoms with E-state index in [1.54, 1.807) is 0 Å². The van der Waals surface area contributed by atoms with Gasteiger partial charge in [0.25, 0.3) is 5.91 Å². The van der Waals surface area contributed by atoms with E-state index >= 15 is 0 Å². The summed E-state index contributed by atoms with van der Waals surface area (Å²) in [7, 11) is -2.22. The number of sulfone groups is 1. The fourth-order valence-corrected chi connectivity index (χ4v) is 2.29. The van der Waals surface area contributed by atoms with Gasteiger partial charge in [0.15, 0.2) is 15.9 Å². The van der Waals surface area contributed by atoms with Gasteiger partial charge in [0.05, 0.1) is 15.5 Å². The number of carbonyl (C=O) groups is 3. The molecule has 1 aromatic rings. The minimum Gasteiger partial charge on any atom is -0.449 e. The van der Waals surface area contributed by atoms with Crippen LogP contribution in [0.2, 0.25) is 5.02 Å². The Morgan fingerprint density at radius 2 is 1.87 bits per heavy atom. The van der Waals surface area contributed by atoms with Gasteiger partial charge in [-0.3, -0.25) is 10.1 Å². The summed E-state index contributed by atoms with van der Waals surface area (Å²) in [6.45, 7) is 1.25. The molecule has 0 unspecified atom stereocenters. The number of benzene rings is 1. The molecule has 10 heteroatoms. The highest BCUT2D eigenvalue weighted by Gasteiger charge is 2.23. The molecule has 0 saturated carbocycles. The molecule has 0 heterocycles. The van der Waals surface area contributed by atoms with Crippen molar-refractivity contribution in [2.24, 2.45) is 0 Å². The first-order valence-electron chi connectivity index (χ1n) is 6.29. The van der Waals surface area contributed by atoms with E-state index in [0.29, 0.717) is 0 Å². The molecule has 0 aliphatic carbocycles. The summed E-state index contributed by atoms with van der Waals surface area (Å²) in [5.74, 6) is -1.83. The second kappa shape index (κ2) is 7.42. The van der Waals surface area contributed by atoms with Crippen LogP contribution in [0.5, 0.6) is 0 Å². The maximum Gasteiger partial charge on any atom is 0.340 e. The van der Waals surface area contributed by atoms with E-state index in [9.17, 15) is 22.8 Å². The molecule has 0 saturated heterocycles. The predicted molar refractivity (Wildman–Crippen MR) is 82.0 cm³/mol. The molecule has 23 heavy (non-hydrogen) atoms. The van der Waals surface area contributed by atoms with Gasteiger partial charge < -0.3 is 10.1 Å². The fraction of sp³-hybridized carbons (Fsp3) is 0.308. The van der Waals surface area contributed by atoms with Crippen LogP contribution in [0.4, 0.5) is 4.79 Å². The Morgan fingerprint density at radius 3 is 2.39 bits per heavy atom. The summed E-state index contributed by atoms with van der Waals surface area (Å²) < 4.78 is 27.9. The van der Waals surface area contributed by atoms with E-state index in [2.05, 4.69) is 5.32 Å². The Kier molecular flexibility index (Phi) is 6.11. The van der Waals surface area contributed by atoms with Crippen LogP contribution in [0.25, 0.3) is 0 Å². The zero-order chi connectivity index (χ0) is 17.8. The molecule has 1 aromatic carbocycles. The molecule has 0 aliphatic rings. The molecule has 126 valence electrons. The number of esters is 1. The number of amides is 3. The quantitative estimate of drug-likeness (QED) is 0.763. The molecule has 0 fully saturated rings. The van der Waals surface area contributed by atoms with Crippen molar-refractivity contribution >= 4 is 39.3 Å². The zero-order valence-electron chi connectivity index (χ0n) is 12.5. The standard InChI is InChI=1S/C13H15ClN2O6S/c1-7(11(17)16-13(19)15-2)22-12(18)9-6-8(23(3,20)21)4-5-10(9)14/h4-7H,1-3H3,(H2,15,16,17,19)/t7-/m1/s1. The van der Waals surface area contributed by atoms with E-state index in [1.165, 1.54) is 26.1 Å². The highest BCUT2D eigenvalue weighted by Crippen LogP contribution is 2.21. The molecular weight excluding hydrogens is 348 g/mol. The van der Waals surface area contributed by atoms with Crippen LogP contribution in [-0.4, -0.2) is 45.7 Å². The van der Waals surface area contributed by atoms with E-state index in [1.807, 2.05) is 5.32 Å². The Labute approximate surface area is 138 Å². The molecule has 0 spiro atoms. The van der Waals surface area contributed by atoms with Gasteiger partial charge in [-0.1, -0.05) is 11.6 Å². The number of halogens is 1. The summed E-state index contributed by atoms with van der Waals surface area (Å²) >= 11 is 5.85. The molecular formula is C13H15ClN2O6S. The number of imide groups is 1. The Balaban J connectivity index is 2.94. The minimum absolute atomic E-state index is 0.0266. The topological polar surface area (TPSA) is 119 Å². The van der Waals surface area contributed by atoms with Crippen LogP contribution in [0.1, 0.15) is 17.3 Å². The van der Waals surface area contributed by atoms with Crippen molar-refractivity contribution in [1.82, 2.24) is 10.6 Å². The molecule has 0 bridgehead atoms. The summed E-state index contributed by atoms with van der Waals surface area (Å²) in [5.41, 5.74) is -0.200. The van der Waals surface area contributed by atoms with Crippen LogP contribution in [-0.2, 0) is 19.4 Å². The largest absolute Gasteiger partial charge is 0.449 e. The lowest BCUT2D eigenvalue weighted by Crippen LogP contribution is -2.43. The molecule has 2 N–H and O–H groups in total. The van der Waals surface area contributed by atoms with Gasteiger partial charge in [0, 0.05) is 13.3 Å². The van der Waals surface area contributed by atoms with Crippen molar-refractivity contribution in [2.75, 3.05) is 13.3 Å². The highest BCUT2D eigenvalue weighted by molar-refractivity contribution is 7.90. The molecule has 3 amide bonds. The average Bonchev–Trinajstić information content (AvgIpc) is 2.45. The maximum atomic E-state index is 12.0. The number of nitrogens with one attached hydrogen (secondary N) is 2. The van der Waals surface area contributed by atoms with E-state index < -0.39 is 33.8 Å². The lowest BCUT2D eigenvalue weighted by Gasteiger charge is -2.13. The van der Waals surface area contributed by atoms with Crippen LogP contribution < -0.4 is 10.6 Å². The van der Waals surface area contributed by atoms with Gasteiger partial charge in [0.2, 0.25) is 0 Å². The normalized spacial score (nSPS) is 12.2. The van der Waals surface area contributed by atoms with Gasteiger partial charge in [0.1, 0.15) is 0 Å². The van der Waals surface area contributed by atoms with Crippen LogP contribution in [0.15, 0.2) is 23.1 Å².